The molecule has 0 aliphatic carbocycles. The van der Waals surface area contributed by atoms with Crippen molar-refractivity contribution in [1.82, 2.24) is 4.90 Å². The third-order valence-corrected chi connectivity index (χ3v) is 3.56. The zero-order valence-corrected chi connectivity index (χ0v) is 9.34. The minimum Gasteiger partial charge on any atom is -0.401 e. The fourth-order valence-electron chi connectivity index (χ4n) is 1.42. The highest BCUT2D eigenvalue weighted by atomic mass is 32.2. The molecule has 4 heteroatoms. The Morgan fingerprint density at radius 1 is 1.57 bits per heavy atom. The van der Waals surface area contributed by atoms with Crippen LogP contribution >= 0.6 is 11.8 Å². The maximum absolute atomic E-state index is 5.76. The summed E-state index contributed by atoms with van der Waals surface area (Å²) < 4.78 is 0. The lowest BCUT2D eigenvalue weighted by molar-refractivity contribution is 0.566. The first-order valence-electron chi connectivity index (χ1n) is 4.69. The van der Waals surface area contributed by atoms with Crippen molar-refractivity contribution in [1.29, 1.82) is 0 Å². The molecule has 0 unspecified atom stereocenters. The molecule has 0 aromatic carbocycles. The second-order valence-electron chi connectivity index (χ2n) is 4.21. The van der Waals surface area contributed by atoms with E-state index in [4.69, 9.17) is 5.73 Å². The molecule has 0 saturated carbocycles. The van der Waals surface area contributed by atoms with Gasteiger partial charge in [-0.25, -0.2) is 0 Å². The van der Waals surface area contributed by atoms with Gasteiger partial charge in [-0.15, -0.1) is 0 Å². The van der Waals surface area contributed by atoms with Crippen LogP contribution in [0.4, 0.5) is 0 Å². The minimum atomic E-state index is 0.0732. The number of hydrogen-bond acceptors (Lipinski definition) is 4. The Bertz CT molecular complexity index is 328. The van der Waals surface area contributed by atoms with Crippen LogP contribution in [0.3, 0.4) is 0 Å². The summed E-state index contributed by atoms with van der Waals surface area (Å²) in [5.41, 5.74) is 6.73. The highest BCUT2D eigenvalue weighted by Crippen LogP contribution is 2.29. The predicted molar refractivity (Wildman–Crippen MR) is 62.1 cm³/mol. The molecule has 2 aliphatic rings. The molecule has 76 valence electrons. The molecule has 0 bridgehead atoms. The maximum atomic E-state index is 5.76. The number of allylic oxidation sites excluding steroid dienone is 2. The molecule has 2 heterocycles. The van der Waals surface area contributed by atoms with E-state index in [0.717, 1.165) is 23.2 Å². The summed E-state index contributed by atoms with van der Waals surface area (Å²) in [5.74, 6) is 1.05. The third-order valence-electron chi connectivity index (χ3n) is 2.13. The molecule has 2 rings (SSSR count). The molecule has 0 fully saturated rings. The standard InChI is InChI=1S/C10H15N3S/c1-10(2)7-14-9(12-10)13-5-3-4-8(11)6-13/h3-5H,6-7,11H2,1-2H3. The van der Waals surface area contributed by atoms with Gasteiger partial charge >= 0.3 is 0 Å². The van der Waals surface area contributed by atoms with E-state index in [-0.39, 0.29) is 5.54 Å². The normalized spacial score (nSPS) is 24.9. The first-order chi connectivity index (χ1) is 6.57. The molecule has 2 aliphatic heterocycles. The summed E-state index contributed by atoms with van der Waals surface area (Å²) in [4.78, 5) is 6.76. The smallest absolute Gasteiger partial charge is 0.164 e. The van der Waals surface area contributed by atoms with Gasteiger partial charge in [0, 0.05) is 17.6 Å². The van der Waals surface area contributed by atoms with Crippen molar-refractivity contribution in [2.75, 3.05) is 12.3 Å². The van der Waals surface area contributed by atoms with Crippen LogP contribution in [0.5, 0.6) is 0 Å². The lowest BCUT2D eigenvalue weighted by Gasteiger charge is -2.21. The molecular formula is C10H15N3S. The number of aliphatic imine (C=N–C) groups is 1. The average molecular weight is 209 g/mol. The third kappa shape index (κ3) is 1.95. The molecule has 0 amide bonds. The number of thioether (sulfide) groups is 1. The number of rotatable bonds is 0. The summed E-state index contributed by atoms with van der Waals surface area (Å²) in [6, 6.07) is 0. The summed E-state index contributed by atoms with van der Waals surface area (Å²) in [5, 5.41) is 1.09. The van der Waals surface area contributed by atoms with E-state index in [1.165, 1.54) is 0 Å². The first-order valence-corrected chi connectivity index (χ1v) is 5.67. The quantitative estimate of drug-likeness (QED) is 0.658. The largest absolute Gasteiger partial charge is 0.401 e. The van der Waals surface area contributed by atoms with Gasteiger partial charge in [-0.2, -0.15) is 0 Å². The fourth-order valence-corrected chi connectivity index (χ4v) is 2.57. The average Bonchev–Trinajstić information content (AvgIpc) is 2.46. The number of amidine groups is 1. The van der Waals surface area contributed by atoms with Gasteiger partial charge in [0.2, 0.25) is 0 Å². The van der Waals surface area contributed by atoms with Crippen molar-refractivity contribution in [3.8, 4) is 0 Å². The Morgan fingerprint density at radius 3 is 2.93 bits per heavy atom. The fraction of sp³-hybridized carbons (Fsp3) is 0.500. The van der Waals surface area contributed by atoms with Gasteiger partial charge in [-0.1, -0.05) is 11.8 Å². The van der Waals surface area contributed by atoms with Crippen LogP contribution in [-0.4, -0.2) is 27.9 Å². The number of hydrogen-bond donors (Lipinski definition) is 1. The van der Waals surface area contributed by atoms with E-state index in [0.29, 0.717) is 0 Å². The van der Waals surface area contributed by atoms with Crippen LogP contribution in [0.2, 0.25) is 0 Å². The van der Waals surface area contributed by atoms with Crippen LogP contribution in [0.25, 0.3) is 0 Å². The maximum Gasteiger partial charge on any atom is 0.164 e. The summed E-state index contributed by atoms with van der Waals surface area (Å²) >= 11 is 1.80. The Hall–Kier alpha value is -0.900. The van der Waals surface area contributed by atoms with Crippen molar-refractivity contribution in [2.45, 2.75) is 19.4 Å². The van der Waals surface area contributed by atoms with E-state index in [1.54, 1.807) is 11.8 Å². The lowest BCUT2D eigenvalue weighted by Crippen LogP contribution is -2.28. The second kappa shape index (κ2) is 3.35. The van der Waals surface area contributed by atoms with Gasteiger partial charge in [0.25, 0.3) is 0 Å². The van der Waals surface area contributed by atoms with E-state index >= 15 is 0 Å². The van der Waals surface area contributed by atoms with E-state index in [1.807, 2.05) is 18.4 Å². The molecule has 0 radical (unpaired) electrons. The molecule has 14 heavy (non-hydrogen) atoms. The van der Waals surface area contributed by atoms with Gasteiger partial charge in [0.05, 0.1) is 12.1 Å². The summed E-state index contributed by atoms with van der Waals surface area (Å²) in [7, 11) is 0. The van der Waals surface area contributed by atoms with Crippen LogP contribution < -0.4 is 5.73 Å². The van der Waals surface area contributed by atoms with Gasteiger partial charge in [-0.05, 0) is 26.0 Å². The Kier molecular flexibility index (Phi) is 2.31. The molecule has 0 saturated heterocycles. The van der Waals surface area contributed by atoms with Crippen LogP contribution in [0.15, 0.2) is 29.0 Å². The minimum absolute atomic E-state index is 0.0732. The number of nitrogens with zero attached hydrogens (tertiary/aromatic N) is 2. The molecule has 0 aromatic rings. The Balaban J connectivity index is 2.12. The monoisotopic (exact) mass is 209 g/mol. The van der Waals surface area contributed by atoms with Gasteiger partial charge < -0.3 is 10.6 Å². The SMILES string of the molecule is CC1(C)CSC(N2C=CC=C(N)C2)=N1. The lowest BCUT2D eigenvalue weighted by atomic mass is 10.1. The van der Waals surface area contributed by atoms with Crippen LogP contribution in [0.1, 0.15) is 13.8 Å². The molecular weight excluding hydrogens is 194 g/mol. The van der Waals surface area contributed by atoms with Gasteiger partial charge in [0.1, 0.15) is 0 Å². The van der Waals surface area contributed by atoms with Crippen molar-refractivity contribution < 1.29 is 0 Å². The van der Waals surface area contributed by atoms with Crippen molar-refractivity contribution in [3.63, 3.8) is 0 Å². The van der Waals surface area contributed by atoms with Gasteiger partial charge in [0.15, 0.2) is 5.17 Å². The molecule has 0 atom stereocenters. The Morgan fingerprint density at radius 2 is 2.36 bits per heavy atom. The van der Waals surface area contributed by atoms with E-state index in [2.05, 4.69) is 23.7 Å². The van der Waals surface area contributed by atoms with Crippen molar-refractivity contribution in [2.24, 2.45) is 10.7 Å². The zero-order chi connectivity index (χ0) is 10.2. The molecule has 0 aromatic heterocycles. The van der Waals surface area contributed by atoms with Crippen molar-refractivity contribution >= 4 is 16.9 Å². The number of nitrogens with two attached hydrogens (primary N) is 1. The Labute approximate surface area is 88.8 Å². The van der Waals surface area contributed by atoms with Gasteiger partial charge in [-0.3, -0.25) is 4.99 Å². The van der Waals surface area contributed by atoms with Crippen molar-refractivity contribution in [3.05, 3.63) is 24.0 Å². The van der Waals surface area contributed by atoms with Crippen LogP contribution in [0, 0.1) is 0 Å². The molecule has 2 N–H and O–H groups in total. The summed E-state index contributed by atoms with van der Waals surface area (Å²) in [6.45, 7) is 5.07. The van der Waals surface area contributed by atoms with Crippen LogP contribution in [-0.2, 0) is 0 Å². The van der Waals surface area contributed by atoms with E-state index < -0.39 is 0 Å². The first kappa shape index (κ1) is 9.65. The predicted octanol–water partition coefficient (Wildman–Crippen LogP) is 1.54. The highest BCUT2D eigenvalue weighted by Gasteiger charge is 2.28. The second-order valence-corrected chi connectivity index (χ2v) is 5.15. The topological polar surface area (TPSA) is 41.6 Å². The zero-order valence-electron chi connectivity index (χ0n) is 8.53. The molecule has 3 nitrogen and oxygen atoms in total. The molecule has 0 spiro atoms. The summed E-state index contributed by atoms with van der Waals surface area (Å²) in [6.07, 6.45) is 5.93. The van der Waals surface area contributed by atoms with E-state index in [9.17, 15) is 0 Å². The highest BCUT2D eigenvalue weighted by molar-refractivity contribution is 8.14.